The zero-order valence-corrected chi connectivity index (χ0v) is 13.4. The van der Waals surface area contributed by atoms with E-state index in [1.54, 1.807) is 6.08 Å². The summed E-state index contributed by atoms with van der Waals surface area (Å²) < 4.78 is 0. The normalized spacial score (nSPS) is 12.0. The molecule has 112 valence electrons. The highest BCUT2D eigenvalue weighted by Crippen LogP contribution is 2.33. The van der Waals surface area contributed by atoms with E-state index in [2.05, 4.69) is 86.3 Å². The summed E-state index contributed by atoms with van der Waals surface area (Å²) in [5, 5.41) is 2.53. The van der Waals surface area contributed by atoms with Crippen molar-refractivity contribution in [3.8, 4) is 11.1 Å². The maximum Gasteiger partial charge on any atom is -0.0102 e. The average molecular weight is 296 g/mol. The van der Waals surface area contributed by atoms with Crippen LogP contribution in [0.25, 0.3) is 27.5 Å². The fourth-order valence-electron chi connectivity index (χ4n) is 2.79. The van der Waals surface area contributed by atoms with E-state index in [4.69, 9.17) is 0 Å². The molecule has 0 aliphatic carbocycles. The van der Waals surface area contributed by atoms with Crippen LogP contribution in [0.4, 0.5) is 0 Å². The highest BCUT2D eigenvalue weighted by Gasteiger charge is 2.08. The minimum absolute atomic E-state index is 1.24. The summed E-state index contributed by atoms with van der Waals surface area (Å²) in [6, 6.07) is 23.6. The summed E-state index contributed by atoms with van der Waals surface area (Å²) in [6.45, 7) is 5.88. The molecular formula is C23H20. The first-order valence-corrected chi connectivity index (χ1v) is 7.84. The molecule has 0 heterocycles. The van der Waals surface area contributed by atoms with Crippen LogP contribution in [0, 0.1) is 0 Å². The van der Waals surface area contributed by atoms with Gasteiger partial charge in [-0.2, -0.15) is 0 Å². The van der Waals surface area contributed by atoms with Crippen molar-refractivity contribution in [3.63, 3.8) is 0 Å². The van der Waals surface area contributed by atoms with Crippen molar-refractivity contribution in [1.29, 1.82) is 0 Å². The summed E-state index contributed by atoms with van der Waals surface area (Å²) in [7, 11) is 0. The van der Waals surface area contributed by atoms with Crippen LogP contribution in [0.5, 0.6) is 0 Å². The van der Waals surface area contributed by atoms with Gasteiger partial charge in [0.1, 0.15) is 0 Å². The van der Waals surface area contributed by atoms with Gasteiger partial charge in [-0.15, -0.1) is 0 Å². The summed E-state index contributed by atoms with van der Waals surface area (Å²) in [5.74, 6) is 0. The van der Waals surface area contributed by atoms with Gasteiger partial charge in [-0.1, -0.05) is 85.5 Å². The molecule has 3 rings (SSSR count). The zero-order valence-electron chi connectivity index (χ0n) is 13.4. The van der Waals surface area contributed by atoms with Crippen molar-refractivity contribution < 1.29 is 0 Å². The summed E-state index contributed by atoms with van der Waals surface area (Å²) in [5.41, 5.74) is 5.02. The van der Waals surface area contributed by atoms with Crippen LogP contribution in [0.2, 0.25) is 0 Å². The van der Waals surface area contributed by atoms with Gasteiger partial charge in [0.15, 0.2) is 0 Å². The van der Waals surface area contributed by atoms with E-state index in [1.165, 1.54) is 33.0 Å². The lowest BCUT2D eigenvalue weighted by Gasteiger charge is -2.12. The van der Waals surface area contributed by atoms with Gasteiger partial charge in [-0.25, -0.2) is 0 Å². The van der Waals surface area contributed by atoms with E-state index in [-0.39, 0.29) is 0 Å². The molecular weight excluding hydrogens is 276 g/mol. The topological polar surface area (TPSA) is 0 Å². The number of rotatable bonds is 4. The van der Waals surface area contributed by atoms with E-state index < -0.39 is 0 Å². The van der Waals surface area contributed by atoms with E-state index in [1.807, 2.05) is 12.2 Å². The number of fused-ring (bicyclic) bond motifs is 1. The third-order valence-corrected chi connectivity index (χ3v) is 3.99. The van der Waals surface area contributed by atoms with Crippen LogP contribution in [0.3, 0.4) is 0 Å². The number of hydrogen-bond donors (Lipinski definition) is 0. The van der Waals surface area contributed by atoms with E-state index in [0.29, 0.717) is 0 Å². The lowest BCUT2D eigenvalue weighted by Crippen LogP contribution is -1.88. The van der Waals surface area contributed by atoms with E-state index >= 15 is 0 Å². The van der Waals surface area contributed by atoms with Crippen molar-refractivity contribution in [2.75, 3.05) is 0 Å². The second-order valence-corrected chi connectivity index (χ2v) is 5.58. The predicted molar refractivity (Wildman–Crippen MR) is 102 cm³/mol. The third kappa shape index (κ3) is 3.32. The molecule has 0 nitrogen and oxygen atoms in total. The van der Waals surface area contributed by atoms with Gasteiger partial charge < -0.3 is 0 Å². The minimum atomic E-state index is 1.24. The second kappa shape index (κ2) is 6.93. The van der Waals surface area contributed by atoms with E-state index in [9.17, 15) is 0 Å². The maximum atomic E-state index is 3.72. The smallest absolute Gasteiger partial charge is 0.0102 e. The lowest BCUT2D eigenvalue weighted by atomic mass is 9.92. The van der Waals surface area contributed by atoms with Gasteiger partial charge in [0.05, 0.1) is 0 Å². The number of hydrogen-bond acceptors (Lipinski definition) is 0. The molecule has 0 unspecified atom stereocenters. The Morgan fingerprint density at radius 1 is 0.826 bits per heavy atom. The first-order valence-electron chi connectivity index (χ1n) is 7.84. The van der Waals surface area contributed by atoms with Gasteiger partial charge >= 0.3 is 0 Å². The fourth-order valence-corrected chi connectivity index (χ4v) is 2.79. The Balaban J connectivity index is 2.23. The molecule has 0 amide bonds. The maximum absolute atomic E-state index is 3.72. The van der Waals surface area contributed by atoms with Crippen molar-refractivity contribution in [3.05, 3.63) is 103 Å². The molecule has 0 aliphatic heterocycles. The molecule has 3 aromatic carbocycles. The molecule has 0 heteroatoms. The molecule has 0 aromatic heterocycles. The molecule has 0 bridgehead atoms. The van der Waals surface area contributed by atoms with Crippen LogP contribution in [-0.4, -0.2) is 0 Å². The summed E-state index contributed by atoms with van der Waals surface area (Å²) in [4.78, 5) is 0. The summed E-state index contributed by atoms with van der Waals surface area (Å²) >= 11 is 0. The van der Waals surface area contributed by atoms with Crippen LogP contribution >= 0.6 is 0 Å². The zero-order chi connectivity index (χ0) is 16.1. The quantitative estimate of drug-likeness (QED) is 0.473. The number of allylic oxidation sites excluding steroid dienone is 5. The molecule has 0 atom stereocenters. The molecule has 23 heavy (non-hydrogen) atoms. The monoisotopic (exact) mass is 296 g/mol. The Kier molecular flexibility index (Phi) is 4.54. The second-order valence-electron chi connectivity index (χ2n) is 5.58. The standard InChI is InChI=1S/C23H20/c1-3-4-6-11-18(2)22-16-20-14-9-10-15-21(20)17-23(22)19-12-7-5-8-13-19/h3-17H,1H2,2H3/b6-4-,18-11+. The van der Waals surface area contributed by atoms with Gasteiger partial charge in [0.2, 0.25) is 0 Å². The molecule has 0 aliphatic rings. The molecule has 0 saturated heterocycles. The molecule has 0 radical (unpaired) electrons. The first kappa shape index (κ1) is 15.1. The molecule has 3 aromatic rings. The highest BCUT2D eigenvalue weighted by molar-refractivity contribution is 5.94. The van der Waals surface area contributed by atoms with Crippen LogP contribution < -0.4 is 0 Å². The van der Waals surface area contributed by atoms with E-state index in [0.717, 1.165) is 0 Å². The Morgan fingerprint density at radius 2 is 1.48 bits per heavy atom. The molecule has 0 spiro atoms. The Morgan fingerprint density at radius 3 is 2.17 bits per heavy atom. The van der Waals surface area contributed by atoms with Crippen molar-refractivity contribution in [2.45, 2.75) is 6.92 Å². The van der Waals surface area contributed by atoms with Crippen LogP contribution in [-0.2, 0) is 0 Å². The lowest BCUT2D eigenvalue weighted by molar-refractivity contribution is 1.56. The predicted octanol–water partition coefficient (Wildman–Crippen LogP) is 6.65. The SMILES string of the molecule is C=C/C=C\C=C(/C)c1cc2ccccc2cc1-c1ccccc1. The van der Waals surface area contributed by atoms with Gasteiger partial charge in [0.25, 0.3) is 0 Å². The Hall–Kier alpha value is -2.86. The van der Waals surface area contributed by atoms with Crippen molar-refractivity contribution in [2.24, 2.45) is 0 Å². The fraction of sp³-hybridized carbons (Fsp3) is 0.0435. The molecule has 0 saturated carbocycles. The Bertz CT molecular complexity index is 880. The minimum Gasteiger partial charge on any atom is -0.0991 e. The highest BCUT2D eigenvalue weighted by atomic mass is 14.1. The van der Waals surface area contributed by atoms with Crippen molar-refractivity contribution >= 4 is 16.3 Å². The van der Waals surface area contributed by atoms with Gasteiger partial charge in [0, 0.05) is 0 Å². The van der Waals surface area contributed by atoms with Crippen molar-refractivity contribution in [1.82, 2.24) is 0 Å². The van der Waals surface area contributed by atoms with Crippen LogP contribution in [0.1, 0.15) is 12.5 Å². The first-order chi connectivity index (χ1) is 11.3. The largest absolute Gasteiger partial charge is 0.0991 e. The van der Waals surface area contributed by atoms with Crippen LogP contribution in [0.15, 0.2) is 97.6 Å². The van der Waals surface area contributed by atoms with Gasteiger partial charge in [-0.05, 0) is 52.1 Å². The number of benzene rings is 3. The Labute approximate surface area is 138 Å². The third-order valence-electron chi connectivity index (χ3n) is 3.99. The molecule has 0 N–H and O–H groups in total. The average Bonchev–Trinajstić information content (AvgIpc) is 2.61. The summed E-state index contributed by atoms with van der Waals surface area (Å²) in [6.07, 6.45) is 7.92. The van der Waals surface area contributed by atoms with Gasteiger partial charge in [-0.3, -0.25) is 0 Å². The molecule has 0 fully saturated rings.